The Morgan fingerprint density at radius 1 is 1.47 bits per heavy atom. The smallest absolute Gasteiger partial charge is 0.237 e. The number of rotatable bonds is 4. The predicted molar refractivity (Wildman–Crippen MR) is 62.8 cm³/mol. The van der Waals surface area contributed by atoms with E-state index >= 15 is 0 Å². The molecule has 0 atom stereocenters. The van der Waals surface area contributed by atoms with Crippen LogP contribution in [0.25, 0.3) is 0 Å². The number of hydrogen-bond donors (Lipinski definition) is 0. The van der Waals surface area contributed by atoms with Crippen LogP contribution in [0.15, 0.2) is 0 Å². The summed E-state index contributed by atoms with van der Waals surface area (Å²) >= 11 is 3.48. The Morgan fingerprint density at radius 2 is 2.00 bits per heavy atom. The lowest BCUT2D eigenvalue weighted by Crippen LogP contribution is -2.40. The van der Waals surface area contributed by atoms with Crippen molar-refractivity contribution in [2.45, 2.75) is 17.7 Å². The van der Waals surface area contributed by atoms with E-state index in [0.717, 1.165) is 19.1 Å². The standard InChI is InChI=1S/C9H16BrNO3S/c1-11(5-7-3-8(10)4-7)9(12)6-15(2,13)14/h7-8H,3-6H2,1-2H3. The van der Waals surface area contributed by atoms with Gasteiger partial charge in [0.05, 0.1) is 0 Å². The summed E-state index contributed by atoms with van der Waals surface area (Å²) < 4.78 is 21.8. The summed E-state index contributed by atoms with van der Waals surface area (Å²) in [6.45, 7) is 0.663. The Hall–Kier alpha value is -0.100. The van der Waals surface area contributed by atoms with Crippen molar-refractivity contribution in [1.82, 2.24) is 4.90 Å². The molecule has 0 aliphatic heterocycles. The zero-order valence-electron chi connectivity index (χ0n) is 8.94. The summed E-state index contributed by atoms with van der Waals surface area (Å²) in [6.07, 6.45) is 3.21. The Balaban J connectivity index is 2.34. The molecule has 0 aromatic heterocycles. The third kappa shape index (κ3) is 4.51. The number of sulfone groups is 1. The average molecular weight is 298 g/mol. The molecule has 1 aliphatic rings. The van der Waals surface area contributed by atoms with Crippen molar-refractivity contribution in [1.29, 1.82) is 0 Å². The Morgan fingerprint density at radius 3 is 2.40 bits per heavy atom. The summed E-state index contributed by atoms with van der Waals surface area (Å²) in [4.78, 5) is 13.5. The summed E-state index contributed by atoms with van der Waals surface area (Å²) in [5, 5.41) is 0. The molecule has 88 valence electrons. The van der Waals surface area contributed by atoms with Gasteiger partial charge in [0.2, 0.25) is 5.91 Å². The van der Waals surface area contributed by atoms with Gasteiger partial charge in [-0.05, 0) is 18.8 Å². The highest BCUT2D eigenvalue weighted by Crippen LogP contribution is 2.33. The number of amides is 1. The molecule has 0 spiro atoms. The second kappa shape index (κ2) is 4.82. The maximum absolute atomic E-state index is 11.5. The number of nitrogens with zero attached hydrogens (tertiary/aromatic N) is 1. The van der Waals surface area contributed by atoms with E-state index in [1.807, 2.05) is 0 Å². The molecular formula is C9H16BrNO3S. The monoisotopic (exact) mass is 297 g/mol. The van der Waals surface area contributed by atoms with Crippen LogP contribution in [0.5, 0.6) is 0 Å². The lowest BCUT2D eigenvalue weighted by atomic mass is 9.85. The van der Waals surface area contributed by atoms with Crippen molar-refractivity contribution < 1.29 is 13.2 Å². The molecule has 0 aromatic rings. The maximum atomic E-state index is 11.5. The minimum absolute atomic E-state index is 0.310. The third-order valence-electron chi connectivity index (χ3n) is 2.52. The van der Waals surface area contributed by atoms with Gasteiger partial charge >= 0.3 is 0 Å². The summed E-state index contributed by atoms with van der Waals surface area (Å²) in [7, 11) is -1.54. The molecule has 0 bridgehead atoms. The lowest BCUT2D eigenvalue weighted by Gasteiger charge is -2.34. The van der Waals surface area contributed by atoms with Crippen LogP contribution in [0, 0.1) is 5.92 Å². The van der Waals surface area contributed by atoms with Gasteiger partial charge in [0.15, 0.2) is 9.84 Å². The molecule has 1 amide bonds. The molecule has 4 nitrogen and oxygen atoms in total. The Bertz CT molecular complexity index is 335. The van der Waals surface area contributed by atoms with Crippen molar-refractivity contribution in [3.8, 4) is 0 Å². The zero-order valence-corrected chi connectivity index (χ0v) is 11.3. The van der Waals surface area contributed by atoms with Gasteiger partial charge in [0.1, 0.15) is 5.75 Å². The first-order chi connectivity index (χ1) is 6.78. The third-order valence-corrected chi connectivity index (χ3v) is 4.04. The van der Waals surface area contributed by atoms with E-state index in [1.165, 1.54) is 4.90 Å². The number of halogens is 1. The summed E-state index contributed by atoms with van der Waals surface area (Å²) in [5.41, 5.74) is 0. The largest absolute Gasteiger partial charge is 0.345 e. The van der Waals surface area contributed by atoms with E-state index in [-0.39, 0.29) is 11.7 Å². The van der Waals surface area contributed by atoms with Gasteiger partial charge in [-0.25, -0.2) is 8.42 Å². The van der Waals surface area contributed by atoms with Crippen LogP contribution in [0.3, 0.4) is 0 Å². The van der Waals surface area contributed by atoms with Crippen LogP contribution < -0.4 is 0 Å². The first-order valence-electron chi connectivity index (χ1n) is 4.83. The fourth-order valence-corrected chi connectivity index (χ4v) is 3.35. The van der Waals surface area contributed by atoms with Gasteiger partial charge in [-0.15, -0.1) is 0 Å². The highest BCUT2D eigenvalue weighted by molar-refractivity contribution is 9.09. The number of carbonyl (C=O) groups excluding carboxylic acids is 1. The first-order valence-corrected chi connectivity index (χ1v) is 7.81. The predicted octanol–water partition coefficient (Wildman–Crippen LogP) is 0.663. The van der Waals surface area contributed by atoms with E-state index in [9.17, 15) is 13.2 Å². The topological polar surface area (TPSA) is 54.5 Å². The molecule has 0 heterocycles. The molecule has 0 N–H and O–H groups in total. The molecule has 0 aromatic carbocycles. The van der Waals surface area contributed by atoms with Crippen LogP contribution in [0.1, 0.15) is 12.8 Å². The molecule has 1 saturated carbocycles. The lowest BCUT2D eigenvalue weighted by molar-refractivity contribution is -0.128. The van der Waals surface area contributed by atoms with E-state index in [1.54, 1.807) is 7.05 Å². The average Bonchev–Trinajstić information content (AvgIpc) is 1.98. The van der Waals surface area contributed by atoms with Crippen LogP contribution in [-0.4, -0.2) is 49.7 Å². The van der Waals surface area contributed by atoms with Gasteiger partial charge < -0.3 is 4.90 Å². The number of hydrogen-bond acceptors (Lipinski definition) is 3. The van der Waals surface area contributed by atoms with E-state index in [2.05, 4.69) is 15.9 Å². The van der Waals surface area contributed by atoms with Gasteiger partial charge in [0, 0.05) is 24.7 Å². The van der Waals surface area contributed by atoms with E-state index < -0.39 is 9.84 Å². The molecule has 1 fully saturated rings. The SMILES string of the molecule is CN(CC1CC(Br)C1)C(=O)CS(C)(=O)=O. The highest BCUT2D eigenvalue weighted by atomic mass is 79.9. The molecule has 15 heavy (non-hydrogen) atoms. The van der Waals surface area contributed by atoms with Gasteiger partial charge in [-0.3, -0.25) is 4.79 Å². The molecule has 0 radical (unpaired) electrons. The molecule has 6 heteroatoms. The fraction of sp³-hybridized carbons (Fsp3) is 0.889. The normalized spacial score (nSPS) is 25.8. The van der Waals surface area contributed by atoms with Crippen LogP contribution >= 0.6 is 15.9 Å². The van der Waals surface area contributed by atoms with E-state index in [4.69, 9.17) is 0 Å². The molecular weight excluding hydrogens is 282 g/mol. The van der Waals surface area contributed by atoms with Crippen LogP contribution in [-0.2, 0) is 14.6 Å². The Labute approximate surface area is 99.1 Å². The van der Waals surface area contributed by atoms with Crippen LogP contribution in [0.2, 0.25) is 0 Å². The highest BCUT2D eigenvalue weighted by Gasteiger charge is 2.29. The molecule has 0 saturated heterocycles. The van der Waals surface area contributed by atoms with Gasteiger partial charge in [0.25, 0.3) is 0 Å². The van der Waals surface area contributed by atoms with Crippen molar-refractivity contribution in [3.63, 3.8) is 0 Å². The fourth-order valence-electron chi connectivity index (χ4n) is 1.63. The second-order valence-corrected chi connectivity index (χ2v) is 7.71. The second-order valence-electron chi connectivity index (χ2n) is 4.28. The van der Waals surface area contributed by atoms with Crippen molar-refractivity contribution in [2.75, 3.05) is 25.6 Å². The molecule has 1 rings (SSSR count). The maximum Gasteiger partial charge on any atom is 0.237 e. The zero-order chi connectivity index (χ0) is 11.6. The van der Waals surface area contributed by atoms with Crippen LogP contribution in [0.4, 0.5) is 0 Å². The summed E-state index contributed by atoms with van der Waals surface area (Å²) in [5.74, 6) is -0.174. The quantitative estimate of drug-likeness (QED) is 0.717. The minimum atomic E-state index is -3.20. The molecule has 1 aliphatic carbocycles. The van der Waals surface area contributed by atoms with Gasteiger partial charge in [-0.2, -0.15) is 0 Å². The molecule has 0 unspecified atom stereocenters. The summed E-state index contributed by atoms with van der Waals surface area (Å²) in [6, 6.07) is 0. The van der Waals surface area contributed by atoms with Crippen molar-refractivity contribution in [2.24, 2.45) is 5.92 Å². The van der Waals surface area contributed by atoms with Crippen molar-refractivity contribution in [3.05, 3.63) is 0 Å². The minimum Gasteiger partial charge on any atom is -0.345 e. The number of alkyl halides is 1. The number of carbonyl (C=O) groups is 1. The first kappa shape index (κ1) is 13.0. The van der Waals surface area contributed by atoms with E-state index in [0.29, 0.717) is 17.3 Å². The Kier molecular flexibility index (Phi) is 4.17. The van der Waals surface area contributed by atoms with Crippen molar-refractivity contribution >= 4 is 31.7 Å². The van der Waals surface area contributed by atoms with Gasteiger partial charge in [-0.1, -0.05) is 15.9 Å².